The minimum absolute atomic E-state index is 0.0306. The van der Waals surface area contributed by atoms with Gasteiger partial charge in [0.1, 0.15) is 0 Å². The van der Waals surface area contributed by atoms with Crippen molar-refractivity contribution >= 4 is 35.7 Å². The molecule has 0 N–H and O–H groups in total. The number of hydrogen-bond donors (Lipinski definition) is 0. The van der Waals surface area contributed by atoms with Gasteiger partial charge in [-0.3, -0.25) is 0 Å². The van der Waals surface area contributed by atoms with Crippen molar-refractivity contribution < 1.29 is 0 Å². The van der Waals surface area contributed by atoms with Crippen molar-refractivity contribution in [1.29, 1.82) is 0 Å². The molecule has 2 aromatic heterocycles. The molecule has 0 aliphatic carbocycles. The summed E-state index contributed by atoms with van der Waals surface area (Å²) in [7, 11) is 0. The molecule has 22 heavy (non-hydrogen) atoms. The van der Waals surface area contributed by atoms with Gasteiger partial charge in [0.05, 0.1) is 0 Å². The molecule has 4 aromatic rings. The van der Waals surface area contributed by atoms with E-state index in [2.05, 4.69) is 23.2 Å². The molecule has 0 radical (unpaired) electrons. The Kier molecular flexibility index (Phi) is 3.30. The molecule has 0 spiro atoms. The fourth-order valence-electron chi connectivity index (χ4n) is 2.32. The van der Waals surface area contributed by atoms with Gasteiger partial charge < -0.3 is 0 Å². The molecule has 6 heteroatoms. The maximum atomic E-state index is 12.5. The van der Waals surface area contributed by atoms with Crippen LogP contribution in [0.4, 0.5) is 0 Å². The van der Waals surface area contributed by atoms with Gasteiger partial charge in [-0.1, -0.05) is 0 Å². The number of fused-ring (bicyclic) bond motifs is 1. The van der Waals surface area contributed by atoms with E-state index in [9.17, 15) is 4.79 Å². The normalized spacial score (nSPS) is 11.1. The second kappa shape index (κ2) is 5.32. The first-order chi connectivity index (χ1) is 10.7. The summed E-state index contributed by atoms with van der Waals surface area (Å²) in [5, 5.41) is 10.8. The molecule has 2 aromatic carbocycles. The first kappa shape index (κ1) is 13.6. The molecule has 0 aliphatic heterocycles. The van der Waals surface area contributed by atoms with Crippen molar-refractivity contribution in [3.05, 3.63) is 64.4 Å². The molecule has 2 heterocycles. The predicted molar refractivity (Wildman–Crippen MR) is 90.1 cm³/mol. The number of hydrogen-bond acceptors (Lipinski definition) is 4. The summed E-state index contributed by atoms with van der Waals surface area (Å²) in [4.78, 5) is 12.5. The van der Waals surface area contributed by atoms with Gasteiger partial charge >= 0.3 is 137 Å². The summed E-state index contributed by atoms with van der Waals surface area (Å²) in [5.74, 6) is 0. The Bertz CT molecular complexity index is 1030. The molecular weight excluding hydrogens is 361 g/mol. The van der Waals surface area contributed by atoms with Crippen LogP contribution < -0.4 is 5.56 Å². The van der Waals surface area contributed by atoms with E-state index in [1.165, 1.54) is 11.3 Å². The Morgan fingerprint density at radius 2 is 1.82 bits per heavy atom. The Balaban J connectivity index is 1.86. The van der Waals surface area contributed by atoms with E-state index < -0.39 is 0 Å². The second-order valence-corrected chi connectivity index (χ2v) is 7.92. The topological polar surface area (TPSA) is 47.8 Å². The van der Waals surface area contributed by atoms with E-state index in [4.69, 9.17) is 0 Å². The van der Waals surface area contributed by atoms with Gasteiger partial charge in [0.25, 0.3) is 0 Å². The molecule has 4 nitrogen and oxygen atoms in total. The van der Waals surface area contributed by atoms with Crippen molar-refractivity contribution in [1.82, 2.24) is 13.8 Å². The van der Waals surface area contributed by atoms with Gasteiger partial charge in [0.15, 0.2) is 0 Å². The van der Waals surface area contributed by atoms with E-state index in [0.29, 0.717) is 5.13 Å². The van der Waals surface area contributed by atoms with Crippen LogP contribution in [0.2, 0.25) is 0 Å². The molecule has 0 unspecified atom stereocenters. The summed E-state index contributed by atoms with van der Waals surface area (Å²) in [6.45, 7) is 2.05. The van der Waals surface area contributed by atoms with Gasteiger partial charge in [0, 0.05) is 0 Å². The average Bonchev–Trinajstić information content (AvgIpc) is 3.13. The first-order valence-electron chi connectivity index (χ1n) is 6.75. The Morgan fingerprint density at radius 3 is 2.64 bits per heavy atom. The summed E-state index contributed by atoms with van der Waals surface area (Å²) < 4.78 is 2.87. The number of aryl methyl sites for hydroxylation is 1. The molecular formula is C16H11N3OSSe. The minimum atomic E-state index is -0.0593. The van der Waals surface area contributed by atoms with Gasteiger partial charge in [-0.05, 0) is 0 Å². The Labute approximate surface area is 136 Å². The van der Waals surface area contributed by atoms with Crippen LogP contribution in [0.3, 0.4) is 0 Å². The summed E-state index contributed by atoms with van der Waals surface area (Å²) >= 11 is 1.41. The predicted octanol–water partition coefficient (Wildman–Crippen LogP) is 2.87. The summed E-state index contributed by atoms with van der Waals surface area (Å²) in [6, 6.07) is 15.8. The van der Waals surface area contributed by atoms with Crippen molar-refractivity contribution in [2.24, 2.45) is 0 Å². The molecule has 0 aliphatic rings. The first-order valence-corrected chi connectivity index (χ1v) is 9.19. The SMILES string of the molecule is Cc1ccccc1-c1nnc(-n2[se]c3ccccc3c2=O)s1. The zero-order chi connectivity index (χ0) is 15.1. The van der Waals surface area contributed by atoms with Crippen molar-refractivity contribution in [3.63, 3.8) is 0 Å². The average molecular weight is 372 g/mol. The number of benzene rings is 2. The van der Waals surface area contributed by atoms with Gasteiger partial charge in [-0.15, -0.1) is 0 Å². The fourth-order valence-corrected chi connectivity index (χ4v) is 5.44. The maximum absolute atomic E-state index is 12.5. The van der Waals surface area contributed by atoms with Gasteiger partial charge in [-0.2, -0.15) is 0 Å². The van der Waals surface area contributed by atoms with E-state index >= 15 is 0 Å². The van der Waals surface area contributed by atoms with E-state index in [1.54, 1.807) is 3.56 Å². The fraction of sp³-hybridized carbons (Fsp3) is 0.0625. The monoisotopic (exact) mass is 373 g/mol. The molecule has 0 bridgehead atoms. The molecule has 0 fully saturated rings. The summed E-state index contributed by atoms with van der Waals surface area (Å²) in [5.41, 5.74) is 2.26. The molecule has 108 valence electrons. The Morgan fingerprint density at radius 1 is 1.05 bits per heavy atom. The third kappa shape index (κ3) is 2.16. The van der Waals surface area contributed by atoms with Crippen LogP contribution in [0.5, 0.6) is 0 Å². The van der Waals surface area contributed by atoms with Crippen molar-refractivity contribution in [3.8, 4) is 15.7 Å². The van der Waals surface area contributed by atoms with Gasteiger partial charge in [0.2, 0.25) is 0 Å². The summed E-state index contributed by atoms with van der Waals surface area (Å²) in [6.07, 6.45) is 0. The number of rotatable bonds is 2. The van der Waals surface area contributed by atoms with E-state index in [-0.39, 0.29) is 20.3 Å². The van der Waals surface area contributed by atoms with Crippen LogP contribution in [0.15, 0.2) is 53.3 Å². The second-order valence-electron chi connectivity index (χ2n) is 4.89. The molecule has 0 amide bonds. The van der Waals surface area contributed by atoms with Crippen LogP contribution in [0.25, 0.3) is 25.3 Å². The molecule has 0 saturated heterocycles. The number of nitrogens with zero attached hydrogens (tertiary/aromatic N) is 3. The Hall–Kier alpha value is -2.01. The van der Waals surface area contributed by atoms with Crippen LogP contribution in [-0.2, 0) is 0 Å². The van der Waals surface area contributed by atoms with E-state index in [0.717, 1.165) is 25.8 Å². The third-order valence-corrected chi connectivity index (χ3v) is 6.91. The standard InChI is InChI=1S/C16H11N3OSSe/c1-10-6-2-3-7-11(10)14-17-18-16(21-14)19-15(20)12-8-4-5-9-13(12)22-19/h2-9H,1H3. The van der Waals surface area contributed by atoms with Crippen molar-refractivity contribution in [2.75, 3.05) is 0 Å². The third-order valence-electron chi connectivity index (χ3n) is 3.46. The molecule has 0 atom stereocenters. The van der Waals surface area contributed by atoms with Crippen molar-refractivity contribution in [2.45, 2.75) is 6.92 Å². The van der Waals surface area contributed by atoms with E-state index in [1.807, 2.05) is 42.5 Å². The van der Waals surface area contributed by atoms with Crippen LogP contribution in [0, 0.1) is 6.92 Å². The molecule has 0 saturated carbocycles. The quantitative estimate of drug-likeness (QED) is 0.509. The number of aromatic nitrogens is 3. The zero-order valence-electron chi connectivity index (χ0n) is 11.7. The van der Waals surface area contributed by atoms with Crippen LogP contribution in [-0.4, -0.2) is 28.5 Å². The van der Waals surface area contributed by atoms with Gasteiger partial charge in [-0.25, -0.2) is 0 Å². The zero-order valence-corrected chi connectivity index (χ0v) is 14.2. The molecule has 4 rings (SSSR count). The van der Waals surface area contributed by atoms with Crippen LogP contribution >= 0.6 is 11.3 Å². The van der Waals surface area contributed by atoms with Crippen LogP contribution in [0.1, 0.15) is 5.56 Å².